The third-order valence-electron chi connectivity index (χ3n) is 4.91. The Morgan fingerprint density at radius 1 is 1.12 bits per heavy atom. The fraction of sp³-hybridized carbons (Fsp3) is 0.208. The van der Waals surface area contributed by atoms with E-state index < -0.39 is 23.4 Å². The molecule has 0 fully saturated rings. The molecule has 0 radical (unpaired) electrons. The number of hydrogen-bond acceptors (Lipinski definition) is 6. The molecule has 3 aromatic rings. The van der Waals surface area contributed by atoms with Gasteiger partial charge in [-0.25, -0.2) is 9.79 Å². The van der Waals surface area contributed by atoms with Crippen LogP contribution in [0.15, 0.2) is 81.8 Å². The molecule has 0 amide bonds. The minimum Gasteiger partial charge on any atom is -0.466 e. The van der Waals surface area contributed by atoms with E-state index in [1.54, 1.807) is 6.08 Å². The van der Waals surface area contributed by atoms with Gasteiger partial charge in [-0.15, -0.1) is 0 Å². The number of carbonyl (C=O) groups excluding carboxylic acids is 1. The third kappa shape index (κ3) is 5.49. The van der Waals surface area contributed by atoms with Crippen LogP contribution in [0.3, 0.4) is 0 Å². The average molecular weight is 456 g/mol. The van der Waals surface area contributed by atoms with E-state index >= 15 is 0 Å². The van der Waals surface area contributed by atoms with Gasteiger partial charge in [0.1, 0.15) is 11.4 Å². The number of para-hydroxylation sites is 1. The van der Waals surface area contributed by atoms with Crippen LogP contribution >= 0.6 is 0 Å². The van der Waals surface area contributed by atoms with Crippen molar-refractivity contribution < 1.29 is 32.0 Å². The summed E-state index contributed by atoms with van der Waals surface area (Å²) in [5.41, 5.74) is -0.513. The highest BCUT2D eigenvalue weighted by Crippen LogP contribution is 2.31. The Bertz CT molecular complexity index is 1180. The first-order valence-electron chi connectivity index (χ1n) is 10.0. The van der Waals surface area contributed by atoms with Crippen molar-refractivity contribution in [2.24, 2.45) is 4.99 Å². The molecular weight excluding hydrogens is 437 g/mol. The maximum absolute atomic E-state index is 12.7. The fourth-order valence-electron chi connectivity index (χ4n) is 3.12. The highest BCUT2D eigenvalue weighted by Gasteiger charge is 2.30. The quantitative estimate of drug-likeness (QED) is 0.452. The normalized spacial score (nSPS) is 18.0. The van der Waals surface area contributed by atoms with Crippen molar-refractivity contribution in [3.8, 4) is 17.0 Å². The summed E-state index contributed by atoms with van der Waals surface area (Å²) in [6.07, 6.45) is -0.942. The number of aromatic nitrogens is 1. The molecule has 6 nitrogen and oxygen atoms in total. The summed E-state index contributed by atoms with van der Waals surface area (Å²) in [5.74, 6) is 0.336. The summed E-state index contributed by atoms with van der Waals surface area (Å²) in [4.78, 5) is 16.7. The second-order valence-electron chi connectivity index (χ2n) is 7.54. The number of rotatable bonds is 6. The van der Waals surface area contributed by atoms with Crippen molar-refractivity contribution in [1.82, 2.24) is 5.16 Å². The van der Waals surface area contributed by atoms with Gasteiger partial charge >= 0.3 is 12.1 Å². The molecule has 1 aliphatic heterocycles. The van der Waals surface area contributed by atoms with E-state index in [9.17, 15) is 18.0 Å². The number of ether oxygens (including phenoxy) is 2. The molecule has 0 aliphatic carbocycles. The first-order valence-corrected chi connectivity index (χ1v) is 10.0. The predicted molar refractivity (Wildman–Crippen MR) is 113 cm³/mol. The Hall–Kier alpha value is -3.88. The van der Waals surface area contributed by atoms with E-state index in [0.717, 1.165) is 12.1 Å². The molecule has 33 heavy (non-hydrogen) atoms. The van der Waals surface area contributed by atoms with Crippen molar-refractivity contribution in [2.75, 3.05) is 0 Å². The van der Waals surface area contributed by atoms with Gasteiger partial charge in [0.05, 0.1) is 11.1 Å². The zero-order valence-corrected chi connectivity index (χ0v) is 17.5. The molecule has 0 bridgehead atoms. The minimum atomic E-state index is -4.41. The van der Waals surface area contributed by atoms with Gasteiger partial charge in [0.25, 0.3) is 0 Å². The van der Waals surface area contributed by atoms with E-state index in [1.165, 1.54) is 24.4 Å². The van der Waals surface area contributed by atoms with Crippen LogP contribution in [0.5, 0.6) is 5.75 Å². The Morgan fingerprint density at radius 3 is 2.48 bits per heavy atom. The molecule has 2 aromatic carbocycles. The summed E-state index contributed by atoms with van der Waals surface area (Å²) >= 11 is 0. The summed E-state index contributed by atoms with van der Waals surface area (Å²) in [5, 5.41) is 3.82. The molecule has 0 N–H and O–H groups in total. The fourth-order valence-corrected chi connectivity index (χ4v) is 3.12. The Morgan fingerprint density at radius 2 is 1.85 bits per heavy atom. The van der Waals surface area contributed by atoms with Gasteiger partial charge in [-0.3, -0.25) is 0 Å². The largest absolute Gasteiger partial charge is 0.466 e. The lowest BCUT2D eigenvalue weighted by Gasteiger charge is -2.27. The monoisotopic (exact) mass is 456 g/mol. The highest BCUT2D eigenvalue weighted by molar-refractivity contribution is 6.09. The van der Waals surface area contributed by atoms with Crippen LogP contribution in [0.1, 0.15) is 24.7 Å². The SMILES string of the molecule is CC1(Oc2ccccc2)CC=C(C(=O)OCc2cc(-c3ccc(C(F)(F)F)cc3)no2)C=N1. The van der Waals surface area contributed by atoms with Crippen LogP contribution in [-0.4, -0.2) is 23.1 Å². The van der Waals surface area contributed by atoms with Gasteiger partial charge in [0.2, 0.25) is 5.72 Å². The zero-order chi connectivity index (χ0) is 23.5. The zero-order valence-electron chi connectivity index (χ0n) is 17.5. The van der Waals surface area contributed by atoms with Gasteiger partial charge < -0.3 is 14.0 Å². The number of esters is 1. The van der Waals surface area contributed by atoms with Crippen molar-refractivity contribution in [2.45, 2.75) is 31.9 Å². The molecule has 1 unspecified atom stereocenters. The standard InChI is InChI=1S/C24H19F3N2O4/c1-23(32-19-5-3-2-4-6-19)12-11-17(14-28-23)22(30)31-15-20-13-21(29-33-20)16-7-9-18(10-8-16)24(25,26)27/h2-11,13-14H,12,15H2,1H3. The van der Waals surface area contributed by atoms with E-state index in [2.05, 4.69) is 10.1 Å². The first-order chi connectivity index (χ1) is 15.7. The molecule has 4 rings (SSSR count). The number of carbonyl (C=O) groups is 1. The summed E-state index contributed by atoms with van der Waals surface area (Å²) in [6.45, 7) is 1.63. The molecule has 0 saturated carbocycles. The maximum atomic E-state index is 12.7. The number of alkyl halides is 3. The molecule has 2 heterocycles. The second-order valence-corrected chi connectivity index (χ2v) is 7.54. The van der Waals surface area contributed by atoms with Crippen LogP contribution in [0.4, 0.5) is 13.2 Å². The van der Waals surface area contributed by atoms with Crippen LogP contribution in [0, 0.1) is 0 Å². The van der Waals surface area contributed by atoms with Gasteiger partial charge in [0, 0.05) is 24.3 Å². The molecule has 1 aromatic heterocycles. The summed E-state index contributed by atoms with van der Waals surface area (Å²) in [6, 6.07) is 15.3. The number of dihydropyridines is 1. The first kappa shape index (κ1) is 22.3. The summed E-state index contributed by atoms with van der Waals surface area (Å²) in [7, 11) is 0. The van der Waals surface area contributed by atoms with Crippen LogP contribution in [0.2, 0.25) is 0 Å². The number of halogens is 3. The van der Waals surface area contributed by atoms with E-state index in [1.807, 2.05) is 37.3 Å². The highest BCUT2D eigenvalue weighted by atomic mass is 19.4. The Balaban J connectivity index is 1.32. The number of hydrogen-bond donors (Lipinski definition) is 0. The topological polar surface area (TPSA) is 73.9 Å². The Labute approximate surface area is 187 Å². The second kappa shape index (κ2) is 8.93. The van der Waals surface area contributed by atoms with Crippen molar-refractivity contribution >= 4 is 12.2 Å². The molecule has 0 saturated heterocycles. The summed E-state index contributed by atoms with van der Waals surface area (Å²) < 4.78 is 54.3. The predicted octanol–water partition coefficient (Wildman–Crippen LogP) is 5.60. The lowest BCUT2D eigenvalue weighted by atomic mass is 10.1. The average Bonchev–Trinajstić information content (AvgIpc) is 3.27. The van der Waals surface area contributed by atoms with Gasteiger partial charge in [-0.05, 0) is 31.2 Å². The lowest BCUT2D eigenvalue weighted by Crippen LogP contribution is -2.32. The van der Waals surface area contributed by atoms with Gasteiger partial charge in [0.15, 0.2) is 12.4 Å². The van der Waals surface area contributed by atoms with E-state index in [-0.39, 0.29) is 17.9 Å². The molecule has 170 valence electrons. The lowest BCUT2D eigenvalue weighted by molar-refractivity contribution is -0.140. The van der Waals surface area contributed by atoms with E-state index in [4.69, 9.17) is 14.0 Å². The van der Waals surface area contributed by atoms with Crippen LogP contribution < -0.4 is 4.74 Å². The minimum absolute atomic E-state index is 0.185. The van der Waals surface area contributed by atoms with Crippen molar-refractivity contribution in [1.29, 1.82) is 0 Å². The molecular formula is C24H19F3N2O4. The molecule has 0 spiro atoms. The Kier molecular flexibility index (Phi) is 6.04. The number of benzene rings is 2. The molecule has 1 atom stereocenters. The maximum Gasteiger partial charge on any atom is 0.416 e. The third-order valence-corrected chi connectivity index (χ3v) is 4.91. The van der Waals surface area contributed by atoms with Crippen LogP contribution in [-0.2, 0) is 22.3 Å². The van der Waals surface area contributed by atoms with Crippen molar-refractivity contribution in [3.05, 3.63) is 83.6 Å². The van der Waals surface area contributed by atoms with Gasteiger partial charge in [-0.1, -0.05) is 41.6 Å². The molecule has 9 heteroatoms. The van der Waals surface area contributed by atoms with E-state index in [0.29, 0.717) is 23.4 Å². The van der Waals surface area contributed by atoms with Crippen LogP contribution in [0.25, 0.3) is 11.3 Å². The molecule has 1 aliphatic rings. The number of aliphatic imine (C=N–C) groups is 1. The van der Waals surface area contributed by atoms with Crippen molar-refractivity contribution in [3.63, 3.8) is 0 Å². The number of nitrogens with zero attached hydrogens (tertiary/aromatic N) is 2. The van der Waals surface area contributed by atoms with Gasteiger partial charge in [-0.2, -0.15) is 13.2 Å². The smallest absolute Gasteiger partial charge is 0.416 e.